The maximum absolute atomic E-state index is 11.0. The van der Waals surface area contributed by atoms with Crippen molar-refractivity contribution < 1.29 is 62.9 Å². The minimum absolute atomic E-state index is 0. The Bertz CT molecular complexity index is 1060. The summed E-state index contributed by atoms with van der Waals surface area (Å²) in [6.45, 7) is 0.192. The van der Waals surface area contributed by atoms with Crippen molar-refractivity contribution in [3.8, 4) is 0 Å². The van der Waals surface area contributed by atoms with Crippen LogP contribution in [0.5, 0.6) is 0 Å². The van der Waals surface area contributed by atoms with Gasteiger partial charge in [0.05, 0.1) is 0 Å². The van der Waals surface area contributed by atoms with Crippen LogP contribution in [0.2, 0.25) is 0 Å². The Labute approximate surface area is 244 Å². The van der Waals surface area contributed by atoms with Crippen molar-refractivity contribution >= 4 is 53.9 Å². The van der Waals surface area contributed by atoms with Crippen LogP contribution in [0.3, 0.4) is 0 Å². The second-order valence-corrected chi connectivity index (χ2v) is 17.7. The van der Waals surface area contributed by atoms with Gasteiger partial charge in [0.2, 0.25) is 11.0 Å². The molecule has 2 heterocycles. The number of thioether (sulfide) groups is 2. The highest BCUT2D eigenvalue weighted by Crippen LogP contribution is 2.59. The van der Waals surface area contributed by atoms with Gasteiger partial charge >= 0.3 is 30.4 Å². The van der Waals surface area contributed by atoms with Gasteiger partial charge in [0.15, 0.2) is 0 Å². The SMILES string of the molecule is O.O=P(O)(O)C(NCCCSc1ccncc1)P(=O)(O)O.O=P(O)(O)C(NCCCSc1ccncc1)P(=O)(O)O. The number of nitrogens with zero attached hydrogens (tertiary/aromatic N) is 2. The first-order valence-corrected chi connectivity index (χ1v) is 19.9. The average Bonchev–Trinajstić information content (AvgIpc) is 2.82. The minimum atomic E-state index is -4.89. The average molecular weight is 703 g/mol. The number of hydrogen-bond acceptors (Lipinski definition) is 10. The number of aromatic nitrogens is 2. The molecule has 0 atom stereocenters. The van der Waals surface area contributed by atoms with Crippen molar-refractivity contribution in [1.82, 2.24) is 20.6 Å². The van der Waals surface area contributed by atoms with Crippen LogP contribution >= 0.6 is 53.9 Å². The molecule has 0 saturated carbocycles. The fourth-order valence-corrected chi connectivity index (χ4v) is 9.00. The third-order valence-corrected chi connectivity index (χ3v) is 13.5. The van der Waals surface area contributed by atoms with Crippen molar-refractivity contribution in [2.24, 2.45) is 0 Å². The van der Waals surface area contributed by atoms with Gasteiger partial charge in [0.1, 0.15) is 0 Å². The molecule has 17 nitrogen and oxygen atoms in total. The van der Waals surface area contributed by atoms with Crippen molar-refractivity contribution in [3.05, 3.63) is 49.1 Å². The predicted octanol–water partition coefficient (Wildman–Crippen LogP) is 0.760. The molecule has 0 saturated heterocycles. The van der Waals surface area contributed by atoms with Crippen LogP contribution in [0, 0.1) is 0 Å². The molecule has 0 aliphatic heterocycles. The van der Waals surface area contributed by atoms with Crippen LogP contribution in [0.1, 0.15) is 12.8 Å². The summed E-state index contributed by atoms with van der Waals surface area (Å²) in [4.78, 5) is 80.9. The van der Waals surface area contributed by atoms with Gasteiger partial charge < -0.3 is 44.6 Å². The lowest BCUT2D eigenvalue weighted by Crippen LogP contribution is -2.30. The van der Waals surface area contributed by atoms with Crippen molar-refractivity contribution in [3.63, 3.8) is 0 Å². The van der Waals surface area contributed by atoms with Crippen LogP contribution in [-0.4, -0.2) is 90.2 Å². The molecule has 0 amide bonds. The van der Waals surface area contributed by atoms with Crippen LogP contribution < -0.4 is 10.6 Å². The lowest BCUT2D eigenvalue weighted by atomic mass is 10.5. The van der Waals surface area contributed by atoms with E-state index in [0.29, 0.717) is 24.3 Å². The smallest absolute Gasteiger partial charge is 0.354 e. The Morgan fingerprint density at radius 2 is 0.854 bits per heavy atom. The van der Waals surface area contributed by atoms with E-state index in [-0.39, 0.29) is 18.6 Å². The molecule has 2 aromatic heterocycles. The molecule has 23 heteroatoms. The van der Waals surface area contributed by atoms with Crippen molar-refractivity contribution in [1.29, 1.82) is 0 Å². The highest BCUT2D eigenvalue weighted by Gasteiger charge is 2.43. The second-order valence-electron chi connectivity index (χ2n) is 7.78. The number of hydrogen-bond donors (Lipinski definition) is 10. The Morgan fingerprint density at radius 1 is 0.585 bits per heavy atom. The molecule has 236 valence electrons. The summed E-state index contributed by atoms with van der Waals surface area (Å²) in [6, 6.07) is 7.30. The first-order valence-electron chi connectivity index (χ1n) is 11.2. The minimum Gasteiger partial charge on any atom is -0.412 e. The summed E-state index contributed by atoms with van der Waals surface area (Å²) < 4.78 is 44.0. The summed E-state index contributed by atoms with van der Waals surface area (Å²) in [5.41, 5.74) is -4.28. The van der Waals surface area contributed by atoms with E-state index >= 15 is 0 Å². The number of pyridine rings is 2. The molecule has 0 spiro atoms. The van der Waals surface area contributed by atoms with E-state index in [1.807, 2.05) is 24.3 Å². The highest BCUT2D eigenvalue weighted by atomic mass is 32.2. The van der Waals surface area contributed by atoms with E-state index in [2.05, 4.69) is 20.6 Å². The van der Waals surface area contributed by atoms with E-state index in [0.717, 1.165) is 9.79 Å². The highest BCUT2D eigenvalue weighted by molar-refractivity contribution is 7.99. The van der Waals surface area contributed by atoms with Gasteiger partial charge in [-0.15, -0.1) is 23.5 Å². The summed E-state index contributed by atoms with van der Waals surface area (Å²) in [5, 5.41) is 4.47. The molecule has 0 bridgehead atoms. The van der Waals surface area contributed by atoms with Gasteiger partial charge in [-0.05, 0) is 61.7 Å². The lowest BCUT2D eigenvalue weighted by Gasteiger charge is -2.20. The van der Waals surface area contributed by atoms with E-state index in [9.17, 15) is 18.3 Å². The molecule has 2 aromatic rings. The topological polar surface area (TPSA) is 311 Å². The molecule has 0 aromatic carbocycles. The first kappa shape index (κ1) is 40.5. The molecule has 0 aliphatic rings. The Hall–Kier alpha value is -0.520. The third kappa shape index (κ3) is 18.0. The normalized spacial score (nSPS) is 12.5. The van der Waals surface area contributed by atoms with E-state index < -0.39 is 41.4 Å². The summed E-state index contributed by atoms with van der Waals surface area (Å²) in [5.74, 6) is 1.29. The van der Waals surface area contributed by atoms with Crippen LogP contribution in [0.4, 0.5) is 0 Å². The van der Waals surface area contributed by atoms with E-state index in [4.69, 9.17) is 39.1 Å². The predicted molar refractivity (Wildman–Crippen MR) is 155 cm³/mol. The maximum Gasteiger partial charge on any atom is 0.354 e. The third-order valence-electron chi connectivity index (χ3n) is 4.41. The first-order chi connectivity index (χ1) is 18.4. The molecule has 0 radical (unpaired) electrons. The van der Waals surface area contributed by atoms with E-state index in [1.165, 1.54) is 23.5 Å². The van der Waals surface area contributed by atoms with Gasteiger partial charge in [-0.1, -0.05) is 0 Å². The van der Waals surface area contributed by atoms with Crippen molar-refractivity contribution in [2.75, 3.05) is 24.6 Å². The van der Waals surface area contributed by atoms with Gasteiger partial charge in [-0.25, -0.2) is 0 Å². The standard InChI is InChI=1S/2C9H16N2O6P2S.H2O/c2*12-18(13,14)9(19(15,16)17)11-4-1-7-20-8-2-5-10-6-3-8;/h2*2-3,5-6,9,11H,1,4,7H2,(H2,12,13,14)(H2,15,16,17);1H2. The molecular formula is C18H34N4O13P4S2. The zero-order valence-electron chi connectivity index (χ0n) is 21.2. The fraction of sp³-hybridized carbons (Fsp3) is 0.444. The van der Waals surface area contributed by atoms with Crippen LogP contribution in [-0.2, 0) is 18.3 Å². The Balaban J connectivity index is 0.000000762. The zero-order chi connectivity index (χ0) is 30.5. The zero-order valence-corrected chi connectivity index (χ0v) is 26.4. The molecule has 2 rings (SSSR count). The molecular weight excluding hydrogens is 668 g/mol. The largest absolute Gasteiger partial charge is 0.412 e. The molecule has 0 unspecified atom stereocenters. The Kier molecular flexibility index (Phi) is 18.8. The monoisotopic (exact) mass is 702 g/mol. The molecule has 0 aliphatic carbocycles. The summed E-state index contributed by atoms with van der Waals surface area (Å²) >= 11 is 3.04. The maximum atomic E-state index is 11.0. The van der Waals surface area contributed by atoms with Crippen molar-refractivity contribution in [2.45, 2.75) is 33.7 Å². The summed E-state index contributed by atoms with van der Waals surface area (Å²) in [7, 11) is -19.6. The van der Waals surface area contributed by atoms with Crippen LogP contribution in [0.15, 0.2) is 58.8 Å². The quantitative estimate of drug-likeness (QED) is 0.0655. The fourth-order valence-electron chi connectivity index (χ4n) is 2.72. The van der Waals surface area contributed by atoms with E-state index in [1.54, 1.807) is 24.8 Å². The molecule has 12 N–H and O–H groups in total. The van der Waals surface area contributed by atoms with Crippen LogP contribution in [0.25, 0.3) is 0 Å². The summed E-state index contributed by atoms with van der Waals surface area (Å²) in [6.07, 6.45) is 7.61. The molecule has 41 heavy (non-hydrogen) atoms. The van der Waals surface area contributed by atoms with Gasteiger partial charge in [-0.2, -0.15) is 0 Å². The van der Waals surface area contributed by atoms with Gasteiger partial charge in [-0.3, -0.25) is 38.9 Å². The number of rotatable bonds is 16. The van der Waals surface area contributed by atoms with Gasteiger partial charge in [0.25, 0.3) is 0 Å². The molecule has 0 fully saturated rings. The Morgan fingerprint density at radius 3 is 1.10 bits per heavy atom. The lowest BCUT2D eigenvalue weighted by molar-refractivity contribution is 0.324. The number of nitrogens with one attached hydrogen (secondary N) is 2. The van der Waals surface area contributed by atoms with Gasteiger partial charge in [0, 0.05) is 34.6 Å². The second kappa shape index (κ2) is 19.0.